The smallest absolute Gasteiger partial charge is 0.253 e. The highest BCUT2D eigenvalue weighted by molar-refractivity contribution is 5.94. The lowest BCUT2D eigenvalue weighted by atomic mass is 10.0. The highest BCUT2D eigenvalue weighted by Crippen LogP contribution is 2.33. The van der Waals surface area contributed by atoms with Crippen LogP contribution in [0.3, 0.4) is 0 Å². The number of rotatable bonds is 4. The maximum absolute atomic E-state index is 15.5. The number of carbonyl (C=O) groups is 1. The zero-order valence-electron chi connectivity index (χ0n) is 17.4. The monoisotopic (exact) mass is 466 g/mol. The first-order chi connectivity index (χ1) is 16.4. The van der Waals surface area contributed by atoms with Crippen LogP contribution in [-0.2, 0) is 0 Å². The number of hydrogen-bond acceptors (Lipinski definition) is 5. The van der Waals surface area contributed by atoms with E-state index < -0.39 is 40.9 Å². The Morgan fingerprint density at radius 3 is 2.62 bits per heavy atom. The van der Waals surface area contributed by atoms with Crippen LogP contribution in [0.25, 0.3) is 27.8 Å². The molecule has 0 saturated carbocycles. The minimum atomic E-state index is -2.34. The number of benzene rings is 2. The molecule has 1 N–H and O–H groups in total. The Hall–Kier alpha value is -4.41. The molecule has 1 amide bonds. The molecule has 3 heterocycles. The Morgan fingerprint density at radius 2 is 1.85 bits per heavy atom. The lowest BCUT2D eigenvalue weighted by Gasteiger charge is -2.11. The maximum atomic E-state index is 15.5. The van der Waals surface area contributed by atoms with Crippen LogP contribution in [0.4, 0.5) is 17.6 Å². The summed E-state index contributed by atoms with van der Waals surface area (Å²) >= 11 is 0. The Morgan fingerprint density at radius 1 is 1.03 bits per heavy atom. The van der Waals surface area contributed by atoms with E-state index >= 15 is 8.78 Å². The standard InChI is InChI=1S/C23H14F4N6O/c1-28-23(34)12-5-4-11(9-14(12)24)16-6-7-18-30-31-22(33(18)32-16)21(27)19-15(25)10-17-13(20(19)26)3-2-8-29-17/h2-10,21H,1H3,(H,28,34). The number of amides is 1. The molecule has 5 rings (SSSR count). The molecule has 0 saturated heterocycles. The summed E-state index contributed by atoms with van der Waals surface area (Å²) in [4.78, 5) is 15.6. The third-order valence-electron chi connectivity index (χ3n) is 5.34. The van der Waals surface area contributed by atoms with Gasteiger partial charge >= 0.3 is 0 Å². The molecule has 0 aliphatic rings. The van der Waals surface area contributed by atoms with Crippen LogP contribution in [-0.4, -0.2) is 37.8 Å². The van der Waals surface area contributed by atoms with Gasteiger partial charge in [-0.1, -0.05) is 6.07 Å². The zero-order valence-corrected chi connectivity index (χ0v) is 17.4. The summed E-state index contributed by atoms with van der Waals surface area (Å²) in [7, 11) is 1.38. The zero-order chi connectivity index (χ0) is 24.0. The van der Waals surface area contributed by atoms with Gasteiger partial charge in [0.2, 0.25) is 0 Å². The Balaban J connectivity index is 1.60. The molecule has 5 aromatic rings. The van der Waals surface area contributed by atoms with Gasteiger partial charge in [-0.05, 0) is 36.4 Å². The van der Waals surface area contributed by atoms with Gasteiger partial charge in [-0.25, -0.2) is 17.6 Å². The van der Waals surface area contributed by atoms with Gasteiger partial charge < -0.3 is 5.32 Å². The fourth-order valence-corrected chi connectivity index (χ4v) is 3.64. The molecule has 2 aromatic carbocycles. The van der Waals surface area contributed by atoms with Crippen molar-refractivity contribution in [2.24, 2.45) is 0 Å². The van der Waals surface area contributed by atoms with Crippen LogP contribution >= 0.6 is 0 Å². The predicted octanol–water partition coefficient (Wildman–Crippen LogP) is 4.18. The van der Waals surface area contributed by atoms with E-state index in [1.807, 2.05) is 0 Å². The first kappa shape index (κ1) is 21.4. The van der Waals surface area contributed by atoms with Gasteiger partial charge in [0.15, 0.2) is 17.6 Å². The fourth-order valence-electron chi connectivity index (χ4n) is 3.64. The Bertz CT molecular complexity index is 1590. The Kier molecular flexibility index (Phi) is 5.16. The van der Waals surface area contributed by atoms with Crippen molar-refractivity contribution >= 4 is 22.5 Å². The van der Waals surface area contributed by atoms with Crippen LogP contribution in [0.1, 0.15) is 27.9 Å². The highest BCUT2D eigenvalue weighted by atomic mass is 19.2. The van der Waals surface area contributed by atoms with Crippen molar-refractivity contribution in [3.05, 3.63) is 89.1 Å². The van der Waals surface area contributed by atoms with E-state index in [-0.39, 0.29) is 33.4 Å². The van der Waals surface area contributed by atoms with Gasteiger partial charge in [0.1, 0.15) is 17.5 Å². The summed E-state index contributed by atoms with van der Waals surface area (Å²) in [6.45, 7) is 0. The van der Waals surface area contributed by atoms with Crippen molar-refractivity contribution in [2.45, 2.75) is 6.17 Å². The van der Waals surface area contributed by atoms with E-state index in [0.717, 1.165) is 16.6 Å². The van der Waals surface area contributed by atoms with E-state index in [1.165, 1.54) is 49.6 Å². The lowest BCUT2D eigenvalue weighted by molar-refractivity contribution is 0.0959. The molecule has 0 fully saturated rings. The summed E-state index contributed by atoms with van der Waals surface area (Å²) in [6.07, 6.45) is -0.968. The number of alkyl halides is 1. The molecule has 1 unspecified atom stereocenters. The average molecular weight is 466 g/mol. The summed E-state index contributed by atoms with van der Waals surface area (Å²) in [6, 6.07) is 10.6. The van der Waals surface area contributed by atoms with E-state index in [1.54, 1.807) is 0 Å². The molecule has 7 nitrogen and oxygen atoms in total. The third kappa shape index (κ3) is 3.41. The number of nitrogens with zero attached hydrogens (tertiary/aromatic N) is 5. The number of carbonyl (C=O) groups excluding carboxylic acids is 1. The van der Waals surface area contributed by atoms with Crippen molar-refractivity contribution in [1.29, 1.82) is 0 Å². The van der Waals surface area contributed by atoms with Gasteiger partial charge in [0, 0.05) is 30.3 Å². The molecule has 0 aliphatic carbocycles. The second-order valence-electron chi connectivity index (χ2n) is 7.34. The van der Waals surface area contributed by atoms with Crippen molar-refractivity contribution in [1.82, 2.24) is 30.1 Å². The molecule has 0 radical (unpaired) electrons. The second-order valence-corrected chi connectivity index (χ2v) is 7.34. The molecular weight excluding hydrogens is 452 g/mol. The summed E-state index contributed by atoms with van der Waals surface area (Å²) < 4.78 is 60.6. The molecule has 0 bridgehead atoms. The molecule has 0 aliphatic heterocycles. The van der Waals surface area contributed by atoms with Crippen LogP contribution in [0.2, 0.25) is 0 Å². The van der Waals surface area contributed by atoms with E-state index in [0.29, 0.717) is 0 Å². The first-order valence-electron chi connectivity index (χ1n) is 10.00. The van der Waals surface area contributed by atoms with Crippen LogP contribution in [0, 0.1) is 17.5 Å². The van der Waals surface area contributed by atoms with Gasteiger partial charge in [0.25, 0.3) is 5.91 Å². The molecule has 11 heteroatoms. The predicted molar refractivity (Wildman–Crippen MR) is 114 cm³/mol. The number of aromatic nitrogens is 5. The number of hydrogen-bond donors (Lipinski definition) is 1. The first-order valence-corrected chi connectivity index (χ1v) is 10.00. The number of pyridine rings is 1. The minimum Gasteiger partial charge on any atom is -0.355 e. The fraction of sp³-hybridized carbons (Fsp3) is 0.0870. The minimum absolute atomic E-state index is 0.0437. The van der Waals surface area contributed by atoms with Crippen molar-refractivity contribution in [3.63, 3.8) is 0 Å². The molecule has 0 spiro atoms. The van der Waals surface area contributed by atoms with Crippen molar-refractivity contribution in [3.8, 4) is 11.3 Å². The number of fused-ring (bicyclic) bond motifs is 2. The van der Waals surface area contributed by atoms with Gasteiger partial charge in [-0.2, -0.15) is 9.61 Å². The quantitative estimate of drug-likeness (QED) is 0.402. The molecular formula is C23H14F4N6O. The normalized spacial score (nSPS) is 12.3. The molecule has 34 heavy (non-hydrogen) atoms. The second kappa shape index (κ2) is 8.18. The van der Waals surface area contributed by atoms with Gasteiger partial charge in [-0.15, -0.1) is 10.2 Å². The average Bonchev–Trinajstić information content (AvgIpc) is 3.26. The molecule has 3 aromatic heterocycles. The van der Waals surface area contributed by atoms with Crippen molar-refractivity contribution < 1.29 is 22.4 Å². The summed E-state index contributed by atoms with van der Waals surface area (Å²) in [5, 5.41) is 14.1. The molecule has 170 valence electrons. The molecule has 1 atom stereocenters. The summed E-state index contributed by atoms with van der Waals surface area (Å²) in [5.74, 6) is -4.06. The van der Waals surface area contributed by atoms with Crippen molar-refractivity contribution in [2.75, 3.05) is 7.05 Å². The van der Waals surface area contributed by atoms with E-state index in [9.17, 15) is 13.6 Å². The van der Waals surface area contributed by atoms with Gasteiger partial charge in [-0.3, -0.25) is 9.78 Å². The topological polar surface area (TPSA) is 85.1 Å². The van der Waals surface area contributed by atoms with Crippen LogP contribution in [0.15, 0.2) is 54.7 Å². The number of halogens is 4. The largest absolute Gasteiger partial charge is 0.355 e. The Labute approximate surface area is 189 Å². The van der Waals surface area contributed by atoms with E-state index in [2.05, 4.69) is 25.6 Å². The third-order valence-corrected chi connectivity index (χ3v) is 5.34. The highest BCUT2D eigenvalue weighted by Gasteiger charge is 2.29. The SMILES string of the molecule is CNC(=O)c1ccc(-c2ccc3nnc(C(F)c4c(F)cc5ncccc5c4F)n3n2)cc1F. The maximum Gasteiger partial charge on any atom is 0.253 e. The van der Waals surface area contributed by atoms with Crippen LogP contribution in [0.5, 0.6) is 0 Å². The summed E-state index contributed by atoms with van der Waals surface area (Å²) in [5.41, 5.74) is -0.349. The lowest BCUT2D eigenvalue weighted by Crippen LogP contribution is -2.19. The van der Waals surface area contributed by atoms with E-state index in [4.69, 9.17) is 0 Å². The van der Waals surface area contributed by atoms with Gasteiger partial charge in [0.05, 0.1) is 22.3 Å². The van der Waals surface area contributed by atoms with Crippen LogP contribution < -0.4 is 5.32 Å². The number of nitrogens with one attached hydrogen (secondary N) is 1.